The van der Waals surface area contributed by atoms with Crippen molar-refractivity contribution in [2.75, 3.05) is 5.75 Å². The molecule has 49 heavy (non-hydrogen) atoms. The number of carboxylic acid groups (broad SMARTS) is 3. The highest BCUT2D eigenvalue weighted by molar-refractivity contribution is 7.80. The molecule has 0 radical (unpaired) electrons. The molecule has 2 aromatic rings. The lowest BCUT2D eigenvalue weighted by atomic mass is 9.84. The standard InChI is InChI=1S/C34H44N4O10S/c39-28(13-15-30(42)43)35-25(17-20-6-2-1-3-7-20)32(45)36-24(12-14-29(40)41)31(44)37-26(33(46)38-27(19-49)34(47)48)18-21-10-11-22-8-4-5-9-23(22)16-21/h4-5,8-11,16,20,24-27,49H,1-3,6-7,12-15,17-19H2,(H,35,39)(H,36,45)(H,37,44)(H,38,46)(H,40,41)(H,42,43)(H,47,48)/t24-,25-,26-,27+/m0/s1. The van der Waals surface area contributed by atoms with Crippen molar-refractivity contribution in [3.63, 3.8) is 0 Å². The van der Waals surface area contributed by atoms with E-state index in [1.165, 1.54) is 0 Å². The molecule has 4 amide bonds. The smallest absolute Gasteiger partial charge is 0.327 e. The van der Waals surface area contributed by atoms with E-state index in [0.29, 0.717) is 5.56 Å². The third-order valence-electron chi connectivity index (χ3n) is 8.48. The predicted molar refractivity (Wildman–Crippen MR) is 182 cm³/mol. The first-order chi connectivity index (χ1) is 23.4. The molecule has 0 bridgehead atoms. The van der Waals surface area contributed by atoms with Crippen LogP contribution in [0.3, 0.4) is 0 Å². The highest BCUT2D eigenvalue weighted by atomic mass is 32.1. The van der Waals surface area contributed by atoms with Gasteiger partial charge in [-0.3, -0.25) is 28.8 Å². The van der Waals surface area contributed by atoms with Crippen LogP contribution in [-0.4, -0.2) is 86.8 Å². The molecule has 266 valence electrons. The molecule has 0 aromatic heterocycles. The Hall–Kier alpha value is -4.66. The Kier molecular flexibility index (Phi) is 15.3. The van der Waals surface area contributed by atoms with Gasteiger partial charge in [-0.25, -0.2) is 4.79 Å². The van der Waals surface area contributed by atoms with Gasteiger partial charge in [0.2, 0.25) is 23.6 Å². The van der Waals surface area contributed by atoms with Gasteiger partial charge in [0.25, 0.3) is 0 Å². The van der Waals surface area contributed by atoms with Crippen LogP contribution in [0, 0.1) is 5.92 Å². The Balaban J connectivity index is 1.85. The second kappa shape index (κ2) is 19.4. The number of aliphatic carboxylic acids is 3. The zero-order valence-corrected chi connectivity index (χ0v) is 28.0. The minimum atomic E-state index is -1.44. The normalized spacial score (nSPS) is 15.6. The first kappa shape index (κ1) is 38.8. The largest absolute Gasteiger partial charge is 0.481 e. The number of amides is 4. The number of hydrogen-bond acceptors (Lipinski definition) is 8. The Morgan fingerprint density at radius 3 is 1.90 bits per heavy atom. The monoisotopic (exact) mass is 700 g/mol. The molecule has 0 heterocycles. The number of hydrogen-bond donors (Lipinski definition) is 8. The molecule has 1 aliphatic rings. The van der Waals surface area contributed by atoms with E-state index in [9.17, 15) is 43.8 Å². The SMILES string of the molecule is O=C(O)CCC(=O)N[C@@H](CC1CCCCC1)C(=O)N[C@@H](CCC(=O)O)C(=O)N[C@@H](Cc1ccc2ccccc2c1)C(=O)N[C@H](CS)C(=O)O. The van der Waals surface area contributed by atoms with Crippen LogP contribution in [0.1, 0.15) is 69.8 Å². The van der Waals surface area contributed by atoms with Crippen molar-refractivity contribution in [2.45, 2.75) is 94.8 Å². The van der Waals surface area contributed by atoms with Crippen LogP contribution < -0.4 is 21.3 Å². The maximum absolute atomic E-state index is 13.7. The fourth-order valence-electron chi connectivity index (χ4n) is 5.82. The zero-order valence-electron chi connectivity index (χ0n) is 27.1. The van der Waals surface area contributed by atoms with Crippen LogP contribution in [-0.2, 0) is 40.0 Å². The quantitative estimate of drug-likeness (QED) is 0.0995. The number of nitrogens with one attached hydrogen (secondary N) is 4. The van der Waals surface area contributed by atoms with Crippen molar-refractivity contribution >= 4 is 64.9 Å². The summed E-state index contributed by atoms with van der Waals surface area (Å²) in [5.41, 5.74) is 0.639. The fraction of sp³-hybridized carbons (Fsp3) is 0.500. The highest BCUT2D eigenvalue weighted by Gasteiger charge is 2.33. The number of carbonyl (C=O) groups is 7. The number of rotatable bonds is 19. The van der Waals surface area contributed by atoms with Crippen molar-refractivity contribution in [3.05, 3.63) is 48.0 Å². The molecule has 2 aromatic carbocycles. The Labute approximate surface area is 289 Å². The molecule has 4 atom stereocenters. The lowest BCUT2D eigenvalue weighted by Crippen LogP contribution is -2.58. The lowest BCUT2D eigenvalue weighted by Gasteiger charge is -2.29. The summed E-state index contributed by atoms with van der Waals surface area (Å²) in [7, 11) is 0. The van der Waals surface area contributed by atoms with E-state index < -0.39 is 78.5 Å². The molecule has 0 spiro atoms. The van der Waals surface area contributed by atoms with Gasteiger partial charge < -0.3 is 36.6 Å². The van der Waals surface area contributed by atoms with E-state index in [4.69, 9.17) is 5.11 Å². The van der Waals surface area contributed by atoms with Gasteiger partial charge in [0.15, 0.2) is 0 Å². The number of benzene rings is 2. The molecule has 1 aliphatic carbocycles. The van der Waals surface area contributed by atoms with Crippen LogP contribution in [0.2, 0.25) is 0 Å². The van der Waals surface area contributed by atoms with Gasteiger partial charge in [-0.1, -0.05) is 74.6 Å². The fourth-order valence-corrected chi connectivity index (χ4v) is 6.07. The summed E-state index contributed by atoms with van der Waals surface area (Å²) in [6, 6.07) is 7.65. The van der Waals surface area contributed by atoms with Gasteiger partial charge in [-0.2, -0.15) is 12.6 Å². The van der Waals surface area contributed by atoms with Crippen LogP contribution in [0.5, 0.6) is 0 Å². The molecule has 0 saturated heterocycles. The number of thiol groups is 1. The van der Waals surface area contributed by atoms with E-state index >= 15 is 0 Å². The van der Waals surface area contributed by atoms with Crippen LogP contribution in [0.4, 0.5) is 0 Å². The topological polar surface area (TPSA) is 228 Å². The number of carboxylic acids is 3. The molecule has 0 aliphatic heterocycles. The summed E-state index contributed by atoms with van der Waals surface area (Å²) in [6.07, 6.45) is 3.11. The van der Waals surface area contributed by atoms with Gasteiger partial charge in [0.1, 0.15) is 24.2 Å². The minimum Gasteiger partial charge on any atom is -0.481 e. The molecule has 3 rings (SSSR count). The third kappa shape index (κ3) is 13.0. The van der Waals surface area contributed by atoms with Crippen LogP contribution in [0.25, 0.3) is 10.8 Å². The van der Waals surface area contributed by atoms with E-state index in [-0.39, 0.29) is 37.4 Å². The summed E-state index contributed by atoms with van der Waals surface area (Å²) in [4.78, 5) is 87.5. The van der Waals surface area contributed by atoms with Crippen molar-refractivity contribution in [1.29, 1.82) is 0 Å². The van der Waals surface area contributed by atoms with Crippen LogP contribution >= 0.6 is 12.6 Å². The molecule has 15 heteroatoms. The van der Waals surface area contributed by atoms with Crippen molar-refractivity contribution in [2.24, 2.45) is 5.92 Å². The second-order valence-corrected chi connectivity index (χ2v) is 12.6. The lowest BCUT2D eigenvalue weighted by molar-refractivity contribution is -0.141. The molecule has 14 nitrogen and oxygen atoms in total. The molecule has 1 saturated carbocycles. The zero-order chi connectivity index (χ0) is 35.9. The number of carbonyl (C=O) groups excluding carboxylic acids is 4. The molecule has 7 N–H and O–H groups in total. The van der Waals surface area contributed by atoms with Crippen molar-refractivity contribution < 1.29 is 48.9 Å². The summed E-state index contributed by atoms with van der Waals surface area (Å²) in [5, 5.41) is 39.7. The summed E-state index contributed by atoms with van der Waals surface area (Å²) >= 11 is 3.99. The molecular weight excluding hydrogens is 656 g/mol. The van der Waals surface area contributed by atoms with Gasteiger partial charge >= 0.3 is 17.9 Å². The maximum Gasteiger partial charge on any atom is 0.327 e. The Bertz CT molecular complexity index is 1510. The molecule has 0 unspecified atom stereocenters. The van der Waals surface area contributed by atoms with E-state index in [0.717, 1.165) is 42.9 Å². The number of fused-ring (bicyclic) bond motifs is 1. The van der Waals surface area contributed by atoms with Gasteiger partial charge in [0.05, 0.1) is 6.42 Å². The predicted octanol–water partition coefficient (Wildman–Crippen LogP) is 2.04. The first-order valence-corrected chi connectivity index (χ1v) is 16.9. The summed E-state index contributed by atoms with van der Waals surface area (Å²) in [6.45, 7) is 0. The van der Waals surface area contributed by atoms with Gasteiger partial charge in [-0.15, -0.1) is 0 Å². The van der Waals surface area contributed by atoms with E-state index in [2.05, 4.69) is 33.9 Å². The average Bonchev–Trinajstić information content (AvgIpc) is 3.07. The van der Waals surface area contributed by atoms with E-state index in [1.807, 2.05) is 36.4 Å². The highest BCUT2D eigenvalue weighted by Crippen LogP contribution is 2.27. The summed E-state index contributed by atoms with van der Waals surface area (Å²) in [5.74, 6) is -7.01. The first-order valence-electron chi connectivity index (χ1n) is 16.3. The maximum atomic E-state index is 13.7. The van der Waals surface area contributed by atoms with Gasteiger partial charge in [0, 0.05) is 25.0 Å². The molecule has 1 fully saturated rings. The second-order valence-electron chi connectivity index (χ2n) is 12.3. The average molecular weight is 701 g/mol. The van der Waals surface area contributed by atoms with Gasteiger partial charge in [-0.05, 0) is 35.1 Å². The van der Waals surface area contributed by atoms with Crippen LogP contribution in [0.15, 0.2) is 42.5 Å². The Morgan fingerprint density at radius 2 is 1.27 bits per heavy atom. The summed E-state index contributed by atoms with van der Waals surface area (Å²) < 4.78 is 0. The minimum absolute atomic E-state index is 0.0646. The Morgan fingerprint density at radius 1 is 0.673 bits per heavy atom. The van der Waals surface area contributed by atoms with E-state index in [1.54, 1.807) is 6.07 Å². The molecular formula is C34H44N4O10S. The third-order valence-corrected chi connectivity index (χ3v) is 8.84. The van der Waals surface area contributed by atoms with Crippen molar-refractivity contribution in [1.82, 2.24) is 21.3 Å². The van der Waals surface area contributed by atoms with Crippen molar-refractivity contribution in [3.8, 4) is 0 Å².